The van der Waals surface area contributed by atoms with Crippen molar-refractivity contribution in [1.29, 1.82) is 0 Å². The van der Waals surface area contributed by atoms with Gasteiger partial charge in [0.25, 0.3) is 0 Å². The number of hydrogen-bond donors (Lipinski definition) is 0. The van der Waals surface area contributed by atoms with Gasteiger partial charge in [0.15, 0.2) is 0 Å². The third kappa shape index (κ3) is 1.47. The van der Waals surface area contributed by atoms with Crippen molar-refractivity contribution in [3.8, 4) is 0 Å². The van der Waals surface area contributed by atoms with Crippen LogP contribution in [0.1, 0.15) is 41.7 Å². The number of aryl methyl sites for hydroxylation is 1. The number of benzene rings is 1. The number of fused-ring (bicyclic) bond motifs is 5. The monoisotopic (exact) mass is 255 g/mol. The molecule has 0 amide bonds. The first kappa shape index (κ1) is 11.1. The quantitative estimate of drug-likeness (QED) is 0.771. The molecule has 1 aliphatic heterocycles. The van der Waals surface area contributed by atoms with Crippen LogP contribution in [0.4, 0.5) is 0 Å². The van der Waals surface area contributed by atoms with E-state index in [9.17, 15) is 4.79 Å². The number of rotatable bonds is 2. The number of carbonyl (C=O) groups is 1. The van der Waals surface area contributed by atoms with Gasteiger partial charge in [-0.15, -0.1) is 0 Å². The first-order valence-corrected chi connectivity index (χ1v) is 7.09. The van der Waals surface area contributed by atoms with E-state index in [0.717, 1.165) is 23.4 Å². The van der Waals surface area contributed by atoms with Crippen molar-refractivity contribution in [2.24, 2.45) is 5.92 Å². The summed E-state index contributed by atoms with van der Waals surface area (Å²) in [5.74, 6) is 1.23. The zero-order chi connectivity index (χ0) is 13.0. The van der Waals surface area contributed by atoms with Gasteiger partial charge in [0, 0.05) is 29.1 Å². The van der Waals surface area contributed by atoms with Crippen LogP contribution in [0.2, 0.25) is 0 Å². The summed E-state index contributed by atoms with van der Waals surface area (Å²) in [5.41, 5.74) is 3.24. The average molecular weight is 255 g/mol. The van der Waals surface area contributed by atoms with Gasteiger partial charge in [-0.1, -0.05) is 18.2 Å². The Balaban J connectivity index is 1.99. The van der Waals surface area contributed by atoms with E-state index in [1.54, 1.807) is 0 Å². The molecule has 2 atom stereocenters. The zero-order valence-electron chi connectivity index (χ0n) is 11.1. The number of nitrogens with zero attached hydrogens (tertiary/aromatic N) is 1. The zero-order valence-corrected chi connectivity index (χ0v) is 11.1. The lowest BCUT2D eigenvalue weighted by Gasteiger charge is -2.16. The molecule has 0 radical (unpaired) electrons. The standard InChI is InChI=1S/C16H17NO2/c1-2-19-16(18)14-11-5-3-4-6-13(11)17-8-7-10-9-12(10)15(14)17/h3-6,10,12H,2,7-9H2,1H3. The first-order valence-electron chi connectivity index (χ1n) is 7.09. The highest BCUT2D eigenvalue weighted by Crippen LogP contribution is 2.55. The van der Waals surface area contributed by atoms with Crippen LogP contribution in [0.15, 0.2) is 24.3 Å². The summed E-state index contributed by atoms with van der Waals surface area (Å²) in [6.07, 6.45) is 2.49. The van der Waals surface area contributed by atoms with E-state index >= 15 is 0 Å². The summed E-state index contributed by atoms with van der Waals surface area (Å²) < 4.78 is 7.62. The minimum atomic E-state index is -0.153. The highest BCUT2D eigenvalue weighted by Gasteiger charge is 2.46. The van der Waals surface area contributed by atoms with Crippen molar-refractivity contribution in [1.82, 2.24) is 4.57 Å². The summed E-state index contributed by atoms with van der Waals surface area (Å²) in [6, 6.07) is 8.21. The Bertz CT molecular complexity index is 671. The predicted octanol–water partition coefficient (Wildman–Crippen LogP) is 3.33. The minimum absolute atomic E-state index is 0.153. The van der Waals surface area contributed by atoms with Gasteiger partial charge in [-0.05, 0) is 31.7 Å². The Hall–Kier alpha value is -1.77. The van der Waals surface area contributed by atoms with E-state index in [2.05, 4.69) is 10.6 Å². The molecule has 0 saturated heterocycles. The second-order valence-electron chi connectivity index (χ2n) is 5.54. The van der Waals surface area contributed by atoms with Crippen LogP contribution in [-0.4, -0.2) is 17.1 Å². The van der Waals surface area contributed by atoms with Gasteiger partial charge in [0.05, 0.1) is 12.2 Å². The van der Waals surface area contributed by atoms with Crippen LogP contribution in [0.5, 0.6) is 0 Å². The molecule has 2 aromatic rings. The second kappa shape index (κ2) is 3.86. The lowest BCUT2D eigenvalue weighted by atomic mass is 10.1. The molecular formula is C16H17NO2. The third-order valence-corrected chi connectivity index (χ3v) is 4.49. The molecule has 2 aliphatic rings. The number of ether oxygens (including phenoxy) is 1. The maximum Gasteiger partial charge on any atom is 0.340 e. The van der Waals surface area contributed by atoms with E-state index in [1.807, 2.05) is 25.1 Å². The maximum atomic E-state index is 12.3. The highest BCUT2D eigenvalue weighted by molar-refractivity contribution is 6.06. The molecule has 2 unspecified atom stereocenters. The van der Waals surface area contributed by atoms with E-state index < -0.39 is 0 Å². The minimum Gasteiger partial charge on any atom is -0.462 e. The van der Waals surface area contributed by atoms with Crippen molar-refractivity contribution in [2.75, 3.05) is 6.61 Å². The van der Waals surface area contributed by atoms with Crippen LogP contribution < -0.4 is 0 Å². The molecule has 4 rings (SSSR count). The number of para-hydroxylation sites is 1. The molecule has 0 spiro atoms. The van der Waals surface area contributed by atoms with Crippen molar-refractivity contribution in [3.05, 3.63) is 35.5 Å². The maximum absolute atomic E-state index is 12.3. The Morgan fingerprint density at radius 1 is 1.42 bits per heavy atom. The van der Waals surface area contributed by atoms with Crippen LogP contribution in [0, 0.1) is 5.92 Å². The molecule has 3 nitrogen and oxygen atoms in total. The lowest BCUT2D eigenvalue weighted by Crippen LogP contribution is -2.13. The highest BCUT2D eigenvalue weighted by atomic mass is 16.5. The molecule has 3 heteroatoms. The fourth-order valence-electron chi connectivity index (χ4n) is 3.56. The fraction of sp³-hybridized carbons (Fsp3) is 0.438. The summed E-state index contributed by atoms with van der Waals surface area (Å²) in [5, 5.41) is 1.06. The number of hydrogen-bond acceptors (Lipinski definition) is 2. The molecule has 1 aliphatic carbocycles. The summed E-state index contributed by atoms with van der Waals surface area (Å²) in [7, 11) is 0. The normalized spacial score (nSPS) is 23.8. The lowest BCUT2D eigenvalue weighted by molar-refractivity contribution is 0.0526. The van der Waals surface area contributed by atoms with Crippen molar-refractivity contribution < 1.29 is 9.53 Å². The van der Waals surface area contributed by atoms with Crippen molar-refractivity contribution in [3.63, 3.8) is 0 Å². The Kier molecular flexibility index (Phi) is 2.25. The van der Waals surface area contributed by atoms with E-state index in [-0.39, 0.29) is 5.97 Å². The Labute approximate surface area is 112 Å². The van der Waals surface area contributed by atoms with Crippen LogP contribution in [0.3, 0.4) is 0 Å². The molecule has 19 heavy (non-hydrogen) atoms. The second-order valence-corrected chi connectivity index (χ2v) is 5.54. The number of aromatic nitrogens is 1. The molecule has 0 N–H and O–H groups in total. The van der Waals surface area contributed by atoms with Crippen LogP contribution >= 0.6 is 0 Å². The third-order valence-electron chi connectivity index (χ3n) is 4.49. The van der Waals surface area contributed by atoms with Crippen LogP contribution in [0.25, 0.3) is 10.9 Å². The van der Waals surface area contributed by atoms with Gasteiger partial charge in [-0.3, -0.25) is 0 Å². The van der Waals surface area contributed by atoms with Gasteiger partial charge in [0.2, 0.25) is 0 Å². The van der Waals surface area contributed by atoms with Gasteiger partial charge in [0.1, 0.15) is 0 Å². The van der Waals surface area contributed by atoms with Crippen LogP contribution in [-0.2, 0) is 11.3 Å². The average Bonchev–Trinajstić information content (AvgIpc) is 3.14. The Morgan fingerprint density at radius 2 is 2.26 bits per heavy atom. The van der Waals surface area contributed by atoms with Gasteiger partial charge >= 0.3 is 5.97 Å². The molecule has 98 valence electrons. The van der Waals surface area contributed by atoms with E-state index in [0.29, 0.717) is 12.5 Å². The van der Waals surface area contributed by atoms with Gasteiger partial charge in [-0.2, -0.15) is 0 Å². The summed E-state index contributed by atoms with van der Waals surface area (Å²) in [6.45, 7) is 3.34. The summed E-state index contributed by atoms with van der Waals surface area (Å²) in [4.78, 5) is 12.3. The smallest absolute Gasteiger partial charge is 0.340 e. The largest absolute Gasteiger partial charge is 0.462 e. The summed E-state index contributed by atoms with van der Waals surface area (Å²) >= 11 is 0. The molecule has 1 aromatic carbocycles. The van der Waals surface area contributed by atoms with Gasteiger partial charge in [-0.25, -0.2) is 4.79 Å². The molecule has 1 saturated carbocycles. The fourth-order valence-corrected chi connectivity index (χ4v) is 3.56. The van der Waals surface area contributed by atoms with E-state index in [4.69, 9.17) is 4.74 Å². The molecular weight excluding hydrogens is 238 g/mol. The van der Waals surface area contributed by atoms with Crippen molar-refractivity contribution in [2.45, 2.75) is 32.2 Å². The van der Waals surface area contributed by atoms with Crippen molar-refractivity contribution >= 4 is 16.9 Å². The Morgan fingerprint density at radius 3 is 3.11 bits per heavy atom. The van der Waals surface area contributed by atoms with E-state index in [1.165, 1.54) is 24.1 Å². The van der Waals surface area contributed by atoms with Gasteiger partial charge < -0.3 is 9.30 Å². The number of esters is 1. The number of carbonyl (C=O) groups excluding carboxylic acids is 1. The topological polar surface area (TPSA) is 31.2 Å². The first-order chi connectivity index (χ1) is 9.31. The SMILES string of the molecule is CCOC(=O)c1c2n(c3ccccc13)CCC1CC21. The molecule has 2 heterocycles. The molecule has 1 aromatic heterocycles. The molecule has 1 fully saturated rings. The predicted molar refractivity (Wildman–Crippen MR) is 73.4 cm³/mol. The molecule has 0 bridgehead atoms.